The van der Waals surface area contributed by atoms with Gasteiger partial charge in [0.25, 0.3) is 0 Å². The Kier molecular flexibility index (Phi) is 4.50. The van der Waals surface area contributed by atoms with Gasteiger partial charge in [0.1, 0.15) is 17.3 Å². The topological polar surface area (TPSA) is 97.0 Å². The second-order valence-corrected chi connectivity index (χ2v) is 7.07. The summed E-state index contributed by atoms with van der Waals surface area (Å²) in [5.74, 6) is 0.672. The number of aryl methyl sites for hydroxylation is 2. The molecule has 0 radical (unpaired) electrons. The first-order valence-electron chi connectivity index (χ1n) is 7.46. The molecular weight excluding hydrogens is 328 g/mol. The third-order valence-corrected chi connectivity index (χ3v) is 5.29. The standard InChI is InChI=1S/C16H18N4O3S/c1-11-16(12(2)20-19-11)24(21,22)18-8-9-23-14-5-6-15-13(10-14)4-3-7-17-15/h3-7,10,18H,8-9H2,1-2H3,(H,19,20). The van der Waals surface area contributed by atoms with Gasteiger partial charge in [-0.1, -0.05) is 6.07 Å². The van der Waals surface area contributed by atoms with Crippen LogP contribution < -0.4 is 9.46 Å². The molecule has 0 aliphatic heterocycles. The van der Waals surface area contributed by atoms with Crippen molar-refractivity contribution in [1.82, 2.24) is 19.9 Å². The molecule has 0 bridgehead atoms. The first-order valence-corrected chi connectivity index (χ1v) is 8.94. The van der Waals surface area contributed by atoms with E-state index in [1.165, 1.54) is 0 Å². The number of ether oxygens (including phenoxy) is 1. The van der Waals surface area contributed by atoms with Crippen LogP contribution in [-0.2, 0) is 10.0 Å². The Balaban J connectivity index is 1.60. The fourth-order valence-electron chi connectivity index (χ4n) is 2.50. The maximum Gasteiger partial charge on any atom is 0.244 e. The summed E-state index contributed by atoms with van der Waals surface area (Å²) in [5.41, 5.74) is 1.85. The molecule has 126 valence electrons. The molecule has 0 saturated heterocycles. The number of nitrogens with one attached hydrogen (secondary N) is 2. The largest absolute Gasteiger partial charge is 0.492 e. The highest BCUT2D eigenvalue weighted by Crippen LogP contribution is 2.19. The number of benzene rings is 1. The Bertz CT molecular complexity index is 947. The summed E-state index contributed by atoms with van der Waals surface area (Å²) in [4.78, 5) is 4.43. The summed E-state index contributed by atoms with van der Waals surface area (Å²) in [5, 5.41) is 7.55. The van der Waals surface area contributed by atoms with E-state index in [-0.39, 0.29) is 18.0 Å². The molecule has 0 saturated carbocycles. The predicted octanol–water partition coefficient (Wildman–Crippen LogP) is 1.93. The average molecular weight is 346 g/mol. The lowest BCUT2D eigenvalue weighted by Crippen LogP contribution is -2.29. The normalized spacial score (nSPS) is 11.8. The second-order valence-electron chi connectivity index (χ2n) is 5.37. The van der Waals surface area contributed by atoms with Crippen LogP contribution >= 0.6 is 0 Å². The number of nitrogens with zero attached hydrogens (tertiary/aromatic N) is 2. The van der Waals surface area contributed by atoms with Crippen LogP contribution in [0.3, 0.4) is 0 Å². The van der Waals surface area contributed by atoms with E-state index in [1.54, 1.807) is 20.0 Å². The van der Waals surface area contributed by atoms with Crippen molar-refractivity contribution < 1.29 is 13.2 Å². The summed E-state index contributed by atoms with van der Waals surface area (Å²) < 4.78 is 32.7. The van der Waals surface area contributed by atoms with E-state index in [1.807, 2.05) is 30.3 Å². The number of sulfonamides is 1. The van der Waals surface area contributed by atoms with Gasteiger partial charge in [-0.15, -0.1) is 0 Å². The van der Waals surface area contributed by atoms with Crippen molar-refractivity contribution in [3.8, 4) is 5.75 Å². The molecule has 0 spiro atoms. The van der Waals surface area contributed by atoms with Gasteiger partial charge >= 0.3 is 0 Å². The zero-order valence-electron chi connectivity index (χ0n) is 13.4. The van der Waals surface area contributed by atoms with Gasteiger partial charge in [0.15, 0.2) is 0 Å². The van der Waals surface area contributed by atoms with Crippen LogP contribution in [0.25, 0.3) is 10.9 Å². The fraction of sp³-hybridized carbons (Fsp3) is 0.250. The maximum atomic E-state index is 12.3. The highest BCUT2D eigenvalue weighted by molar-refractivity contribution is 7.89. The van der Waals surface area contributed by atoms with E-state index < -0.39 is 10.0 Å². The molecule has 0 fully saturated rings. The Hall–Kier alpha value is -2.45. The number of aromatic nitrogens is 3. The average Bonchev–Trinajstić information content (AvgIpc) is 2.91. The van der Waals surface area contributed by atoms with E-state index in [0.717, 1.165) is 10.9 Å². The summed E-state index contributed by atoms with van der Waals surface area (Å²) >= 11 is 0. The van der Waals surface area contributed by atoms with E-state index in [2.05, 4.69) is 19.9 Å². The number of aromatic amines is 1. The van der Waals surface area contributed by atoms with Gasteiger partial charge in [0, 0.05) is 18.1 Å². The monoisotopic (exact) mass is 346 g/mol. The summed E-state index contributed by atoms with van der Waals surface area (Å²) in [6, 6.07) is 9.36. The summed E-state index contributed by atoms with van der Waals surface area (Å²) in [6.45, 7) is 3.71. The van der Waals surface area contributed by atoms with Crippen molar-refractivity contribution in [2.24, 2.45) is 0 Å². The third-order valence-electron chi connectivity index (χ3n) is 3.57. The van der Waals surface area contributed by atoms with Crippen molar-refractivity contribution in [3.05, 3.63) is 47.9 Å². The molecule has 0 aliphatic rings. The molecular formula is C16H18N4O3S. The molecule has 3 aromatic rings. The van der Waals surface area contributed by atoms with E-state index in [0.29, 0.717) is 17.1 Å². The van der Waals surface area contributed by atoms with E-state index in [4.69, 9.17) is 4.74 Å². The minimum atomic E-state index is -3.60. The molecule has 7 nitrogen and oxygen atoms in total. The Labute approximate surface area is 140 Å². The first kappa shape index (κ1) is 16.4. The Morgan fingerprint density at radius 3 is 2.83 bits per heavy atom. The van der Waals surface area contributed by atoms with Crippen LogP contribution in [0, 0.1) is 13.8 Å². The molecule has 2 N–H and O–H groups in total. The van der Waals surface area contributed by atoms with Gasteiger partial charge in [-0.3, -0.25) is 10.1 Å². The van der Waals surface area contributed by atoms with Crippen LogP contribution in [0.15, 0.2) is 41.4 Å². The molecule has 0 atom stereocenters. The number of hydrogen-bond acceptors (Lipinski definition) is 5. The van der Waals surface area contributed by atoms with E-state index in [9.17, 15) is 8.42 Å². The second kappa shape index (κ2) is 6.58. The van der Waals surface area contributed by atoms with E-state index >= 15 is 0 Å². The number of pyridine rings is 1. The zero-order valence-corrected chi connectivity index (χ0v) is 14.2. The smallest absolute Gasteiger partial charge is 0.244 e. The molecule has 2 aromatic heterocycles. The quantitative estimate of drug-likeness (QED) is 0.665. The van der Waals surface area contributed by atoms with Crippen molar-refractivity contribution in [3.63, 3.8) is 0 Å². The molecule has 0 aliphatic carbocycles. The first-order chi connectivity index (χ1) is 11.5. The minimum Gasteiger partial charge on any atom is -0.492 e. The molecule has 2 heterocycles. The molecule has 8 heteroatoms. The highest BCUT2D eigenvalue weighted by atomic mass is 32.2. The van der Waals surface area contributed by atoms with Crippen LogP contribution in [0.1, 0.15) is 11.4 Å². The Morgan fingerprint density at radius 2 is 2.08 bits per heavy atom. The highest BCUT2D eigenvalue weighted by Gasteiger charge is 2.21. The zero-order chi connectivity index (χ0) is 17.2. The van der Waals surface area contributed by atoms with Crippen molar-refractivity contribution in [1.29, 1.82) is 0 Å². The summed E-state index contributed by atoms with van der Waals surface area (Å²) in [6.07, 6.45) is 1.73. The van der Waals surface area contributed by atoms with Crippen molar-refractivity contribution in [2.45, 2.75) is 18.7 Å². The number of hydrogen-bond donors (Lipinski definition) is 2. The predicted molar refractivity (Wildman–Crippen MR) is 90.5 cm³/mol. The van der Waals surface area contributed by atoms with Gasteiger partial charge in [-0.25, -0.2) is 13.1 Å². The molecule has 0 amide bonds. The number of H-pyrrole nitrogens is 1. The van der Waals surface area contributed by atoms with Crippen LogP contribution in [0.5, 0.6) is 5.75 Å². The Morgan fingerprint density at radius 1 is 1.25 bits per heavy atom. The lowest BCUT2D eigenvalue weighted by molar-refractivity contribution is 0.323. The van der Waals surface area contributed by atoms with Gasteiger partial charge in [-0.2, -0.15) is 5.10 Å². The van der Waals surface area contributed by atoms with Gasteiger partial charge < -0.3 is 4.74 Å². The number of fused-ring (bicyclic) bond motifs is 1. The van der Waals surface area contributed by atoms with Gasteiger partial charge in [0.05, 0.1) is 16.9 Å². The number of rotatable bonds is 6. The van der Waals surface area contributed by atoms with Crippen molar-refractivity contribution >= 4 is 20.9 Å². The maximum absolute atomic E-state index is 12.3. The van der Waals surface area contributed by atoms with Crippen LogP contribution in [0.2, 0.25) is 0 Å². The van der Waals surface area contributed by atoms with Gasteiger partial charge in [-0.05, 0) is 38.1 Å². The van der Waals surface area contributed by atoms with Gasteiger partial charge in [0.2, 0.25) is 10.0 Å². The summed E-state index contributed by atoms with van der Waals surface area (Å²) in [7, 11) is -3.60. The SMILES string of the molecule is Cc1n[nH]c(C)c1S(=O)(=O)NCCOc1ccc2ncccc2c1. The molecule has 0 unspecified atom stereocenters. The molecule has 24 heavy (non-hydrogen) atoms. The van der Waals surface area contributed by atoms with Crippen LogP contribution in [-0.4, -0.2) is 36.8 Å². The lowest BCUT2D eigenvalue weighted by atomic mass is 10.2. The lowest BCUT2D eigenvalue weighted by Gasteiger charge is -2.09. The minimum absolute atomic E-state index is 0.164. The van der Waals surface area contributed by atoms with Crippen LogP contribution in [0.4, 0.5) is 0 Å². The molecule has 1 aromatic carbocycles. The molecule has 3 rings (SSSR count). The van der Waals surface area contributed by atoms with Crippen molar-refractivity contribution in [2.75, 3.05) is 13.2 Å². The third kappa shape index (κ3) is 3.39. The fourth-order valence-corrected chi connectivity index (χ4v) is 3.88.